The molecule has 0 saturated carbocycles. The molecule has 0 heterocycles. The fourth-order valence-corrected chi connectivity index (χ4v) is 1.43. The zero-order valence-electron chi connectivity index (χ0n) is 10.4. The van der Waals surface area contributed by atoms with Crippen molar-refractivity contribution in [3.05, 3.63) is 0 Å². The molecular weight excluding hydrogens is 156 g/mol. The highest BCUT2D eigenvalue weighted by molar-refractivity contribution is 4.61. The summed E-state index contributed by atoms with van der Waals surface area (Å²) in [6.45, 7) is 14.1. The molecule has 0 saturated heterocycles. The molecular formula is C13H28. The maximum absolute atomic E-state index is 2.38. The van der Waals surface area contributed by atoms with E-state index >= 15 is 0 Å². The SMILES string of the molecule is CC(C)[C@H](C)CCC[C@H](C)C(C)C. The van der Waals surface area contributed by atoms with Gasteiger partial charge in [-0.25, -0.2) is 0 Å². The van der Waals surface area contributed by atoms with Crippen LogP contribution >= 0.6 is 0 Å². The molecule has 80 valence electrons. The molecule has 0 aliphatic rings. The van der Waals surface area contributed by atoms with Gasteiger partial charge in [0.1, 0.15) is 0 Å². The summed E-state index contributed by atoms with van der Waals surface area (Å²) in [6, 6.07) is 0. The lowest BCUT2D eigenvalue weighted by Crippen LogP contribution is -2.07. The van der Waals surface area contributed by atoms with E-state index in [9.17, 15) is 0 Å². The van der Waals surface area contributed by atoms with Gasteiger partial charge in [0.25, 0.3) is 0 Å². The van der Waals surface area contributed by atoms with Crippen LogP contribution in [0.4, 0.5) is 0 Å². The number of rotatable bonds is 6. The van der Waals surface area contributed by atoms with Gasteiger partial charge < -0.3 is 0 Å². The summed E-state index contributed by atoms with van der Waals surface area (Å²) in [6.07, 6.45) is 4.24. The molecule has 0 spiro atoms. The van der Waals surface area contributed by atoms with E-state index < -0.39 is 0 Å². The monoisotopic (exact) mass is 184 g/mol. The molecule has 0 rings (SSSR count). The Balaban J connectivity index is 3.45. The Hall–Kier alpha value is 0. The molecule has 0 unspecified atom stereocenters. The van der Waals surface area contributed by atoms with Crippen LogP contribution < -0.4 is 0 Å². The van der Waals surface area contributed by atoms with E-state index in [4.69, 9.17) is 0 Å². The van der Waals surface area contributed by atoms with Gasteiger partial charge in [-0.2, -0.15) is 0 Å². The third kappa shape index (κ3) is 6.12. The first-order valence-electron chi connectivity index (χ1n) is 5.95. The van der Waals surface area contributed by atoms with Crippen LogP contribution in [0.1, 0.15) is 60.8 Å². The Labute approximate surface area is 85.1 Å². The maximum atomic E-state index is 2.38. The molecule has 0 amide bonds. The standard InChI is InChI=1S/C13H28/c1-10(2)12(5)8-7-9-13(6)11(3)4/h10-13H,7-9H2,1-6H3/t12-,13+. The van der Waals surface area contributed by atoms with Crippen molar-refractivity contribution in [2.75, 3.05) is 0 Å². The summed E-state index contributed by atoms with van der Waals surface area (Å²) >= 11 is 0. The summed E-state index contributed by atoms with van der Waals surface area (Å²) in [5, 5.41) is 0. The summed E-state index contributed by atoms with van der Waals surface area (Å²) in [5.41, 5.74) is 0. The minimum absolute atomic E-state index is 0.856. The van der Waals surface area contributed by atoms with Crippen molar-refractivity contribution >= 4 is 0 Å². The quantitative estimate of drug-likeness (QED) is 0.559. The topological polar surface area (TPSA) is 0 Å². The highest BCUT2D eigenvalue weighted by Gasteiger charge is 2.10. The van der Waals surface area contributed by atoms with E-state index in [1.165, 1.54) is 19.3 Å². The molecule has 0 aromatic heterocycles. The van der Waals surface area contributed by atoms with Crippen molar-refractivity contribution in [1.82, 2.24) is 0 Å². The molecule has 2 atom stereocenters. The van der Waals surface area contributed by atoms with Crippen LogP contribution in [0.15, 0.2) is 0 Å². The number of hydrogen-bond acceptors (Lipinski definition) is 0. The van der Waals surface area contributed by atoms with Crippen LogP contribution in [0.2, 0.25) is 0 Å². The Morgan fingerprint density at radius 3 is 1.15 bits per heavy atom. The lowest BCUT2D eigenvalue weighted by molar-refractivity contribution is 0.331. The predicted octanol–water partition coefficient (Wildman–Crippen LogP) is 4.74. The molecule has 0 bridgehead atoms. The van der Waals surface area contributed by atoms with Gasteiger partial charge >= 0.3 is 0 Å². The fourth-order valence-electron chi connectivity index (χ4n) is 1.43. The van der Waals surface area contributed by atoms with Crippen molar-refractivity contribution in [3.63, 3.8) is 0 Å². The Morgan fingerprint density at radius 2 is 0.923 bits per heavy atom. The van der Waals surface area contributed by atoms with Gasteiger partial charge in [-0.3, -0.25) is 0 Å². The van der Waals surface area contributed by atoms with Gasteiger partial charge in [-0.05, 0) is 23.7 Å². The fraction of sp³-hybridized carbons (Fsp3) is 1.00. The zero-order chi connectivity index (χ0) is 10.4. The Kier molecular flexibility index (Phi) is 6.45. The Morgan fingerprint density at radius 1 is 0.615 bits per heavy atom. The minimum Gasteiger partial charge on any atom is -0.0625 e. The van der Waals surface area contributed by atoms with E-state index in [0.717, 1.165) is 23.7 Å². The molecule has 0 aromatic rings. The highest BCUT2D eigenvalue weighted by atomic mass is 14.2. The van der Waals surface area contributed by atoms with Crippen molar-refractivity contribution in [2.45, 2.75) is 60.8 Å². The smallest absolute Gasteiger partial charge is 0.0420 e. The van der Waals surface area contributed by atoms with Crippen LogP contribution in [0.25, 0.3) is 0 Å². The first-order valence-corrected chi connectivity index (χ1v) is 5.95. The van der Waals surface area contributed by atoms with Gasteiger partial charge in [-0.15, -0.1) is 0 Å². The molecule has 0 fully saturated rings. The first kappa shape index (κ1) is 13.0. The van der Waals surface area contributed by atoms with Gasteiger partial charge in [0, 0.05) is 0 Å². The van der Waals surface area contributed by atoms with Gasteiger partial charge in [0.05, 0.1) is 0 Å². The third-order valence-electron chi connectivity index (χ3n) is 3.60. The normalized spacial score (nSPS) is 16.6. The molecule has 0 aliphatic heterocycles. The van der Waals surface area contributed by atoms with Crippen LogP contribution in [0.3, 0.4) is 0 Å². The molecule has 0 nitrogen and oxygen atoms in total. The highest BCUT2D eigenvalue weighted by Crippen LogP contribution is 2.22. The second kappa shape index (κ2) is 6.45. The van der Waals surface area contributed by atoms with E-state index in [1.54, 1.807) is 0 Å². The molecule has 0 heteroatoms. The Bertz CT molecular complexity index is 99.2. The number of hydrogen-bond donors (Lipinski definition) is 0. The van der Waals surface area contributed by atoms with Gasteiger partial charge in [0.15, 0.2) is 0 Å². The largest absolute Gasteiger partial charge is 0.0625 e. The summed E-state index contributed by atoms with van der Waals surface area (Å²) in [4.78, 5) is 0. The molecule has 0 radical (unpaired) electrons. The zero-order valence-corrected chi connectivity index (χ0v) is 10.4. The van der Waals surface area contributed by atoms with E-state index in [1.807, 2.05) is 0 Å². The molecule has 13 heavy (non-hydrogen) atoms. The van der Waals surface area contributed by atoms with Crippen molar-refractivity contribution < 1.29 is 0 Å². The average Bonchev–Trinajstić information content (AvgIpc) is 2.03. The van der Waals surface area contributed by atoms with Crippen LogP contribution in [0.5, 0.6) is 0 Å². The summed E-state index contributed by atoms with van der Waals surface area (Å²) in [7, 11) is 0. The van der Waals surface area contributed by atoms with Crippen molar-refractivity contribution in [1.29, 1.82) is 0 Å². The molecule has 0 aromatic carbocycles. The predicted molar refractivity (Wildman–Crippen MR) is 61.9 cm³/mol. The lowest BCUT2D eigenvalue weighted by Gasteiger charge is -2.18. The van der Waals surface area contributed by atoms with Gasteiger partial charge in [0.2, 0.25) is 0 Å². The molecule has 0 N–H and O–H groups in total. The summed E-state index contributed by atoms with van der Waals surface area (Å²) < 4.78 is 0. The third-order valence-corrected chi connectivity index (χ3v) is 3.60. The van der Waals surface area contributed by atoms with E-state index in [2.05, 4.69) is 41.5 Å². The summed E-state index contributed by atoms with van der Waals surface area (Å²) in [5.74, 6) is 3.52. The average molecular weight is 184 g/mol. The van der Waals surface area contributed by atoms with Crippen LogP contribution in [0, 0.1) is 23.7 Å². The lowest BCUT2D eigenvalue weighted by atomic mass is 9.88. The van der Waals surface area contributed by atoms with Gasteiger partial charge in [-0.1, -0.05) is 60.8 Å². The second-order valence-electron chi connectivity index (χ2n) is 5.37. The maximum Gasteiger partial charge on any atom is -0.0420 e. The minimum atomic E-state index is 0.856. The van der Waals surface area contributed by atoms with Crippen molar-refractivity contribution in [2.24, 2.45) is 23.7 Å². The van der Waals surface area contributed by atoms with Crippen molar-refractivity contribution in [3.8, 4) is 0 Å². The van der Waals surface area contributed by atoms with E-state index in [0.29, 0.717) is 0 Å². The first-order chi connectivity index (χ1) is 5.95. The second-order valence-corrected chi connectivity index (χ2v) is 5.37. The van der Waals surface area contributed by atoms with E-state index in [-0.39, 0.29) is 0 Å². The van der Waals surface area contributed by atoms with Crippen LogP contribution in [-0.2, 0) is 0 Å². The molecule has 0 aliphatic carbocycles. The van der Waals surface area contributed by atoms with Crippen LogP contribution in [-0.4, -0.2) is 0 Å².